The van der Waals surface area contributed by atoms with Crippen LogP contribution in [0.1, 0.15) is 187 Å². The molecule has 0 aliphatic carbocycles. The first kappa shape index (κ1) is 49.3. The second-order valence-corrected chi connectivity index (χ2v) is 15.5. The van der Waals surface area contributed by atoms with Crippen molar-refractivity contribution in [3.63, 3.8) is 0 Å². The minimum Gasteiger partial charge on any atom is -0.481 e. The number of aliphatic carboxylic acids is 2. The molecule has 0 aliphatic rings. The largest absolute Gasteiger partial charge is 0.481 e. The third kappa shape index (κ3) is 30.9. The Kier molecular flexibility index (Phi) is 31.2. The van der Waals surface area contributed by atoms with Crippen molar-refractivity contribution in [3.8, 4) is 0 Å². The Morgan fingerprint density at radius 3 is 1.38 bits per heavy atom. The lowest BCUT2D eigenvalue weighted by molar-refractivity contribution is -0.156. The minimum absolute atomic E-state index is 0.192. The average Bonchev–Trinajstić information content (AvgIpc) is 3.07. The second-order valence-electron chi connectivity index (χ2n) is 13.9. The number of unbranched alkanes of at least 4 members (excludes halogenated alkanes) is 16. The standard InChI is InChI=1S/C40H70O11S/c1-3-5-7-21-27-34(28-23-17-13-9-11-15-19-25-31-37(41)42)50-39(45)33-36(52(47,48)49)40(46)51-35(29-22-8-6-4-2)30-24-18-14-10-12-16-20-26-32-38(43)44/h17-18,23-24,34-36H,3-16,19-22,25-33H2,1-2H3,(H,41,42)(H,43,44)(H,47,48,49)/b23-17-,24-18-/t34-,35-,36?/m1/s1. The molecule has 52 heavy (non-hydrogen) atoms. The van der Waals surface area contributed by atoms with Crippen LogP contribution in [0.2, 0.25) is 0 Å². The van der Waals surface area contributed by atoms with Crippen molar-refractivity contribution in [2.45, 2.75) is 205 Å². The van der Waals surface area contributed by atoms with Gasteiger partial charge in [0.15, 0.2) is 5.25 Å². The zero-order valence-electron chi connectivity index (χ0n) is 32.1. The zero-order valence-corrected chi connectivity index (χ0v) is 33.0. The van der Waals surface area contributed by atoms with Crippen molar-refractivity contribution in [3.05, 3.63) is 24.3 Å². The minimum atomic E-state index is -4.95. The lowest BCUT2D eigenvalue weighted by Crippen LogP contribution is -2.37. The Hall–Kier alpha value is -2.73. The van der Waals surface area contributed by atoms with Gasteiger partial charge in [0, 0.05) is 25.7 Å². The summed E-state index contributed by atoms with van der Waals surface area (Å²) < 4.78 is 45.9. The molecule has 0 rings (SSSR count). The first-order chi connectivity index (χ1) is 24.9. The van der Waals surface area contributed by atoms with Crippen molar-refractivity contribution in [2.75, 3.05) is 0 Å². The molecule has 1 unspecified atom stereocenters. The molecule has 3 atom stereocenters. The van der Waals surface area contributed by atoms with E-state index in [1.807, 2.05) is 24.3 Å². The van der Waals surface area contributed by atoms with E-state index >= 15 is 0 Å². The summed E-state index contributed by atoms with van der Waals surface area (Å²) in [6.45, 7) is 4.19. The second kappa shape index (κ2) is 32.9. The molecule has 0 bridgehead atoms. The lowest BCUT2D eigenvalue weighted by Gasteiger charge is -2.21. The van der Waals surface area contributed by atoms with Gasteiger partial charge >= 0.3 is 23.9 Å². The molecular formula is C40H70O11S. The van der Waals surface area contributed by atoms with Gasteiger partial charge in [-0.15, -0.1) is 0 Å². The monoisotopic (exact) mass is 758 g/mol. The van der Waals surface area contributed by atoms with E-state index < -0.39 is 57.9 Å². The summed E-state index contributed by atoms with van der Waals surface area (Å²) in [5.74, 6) is -3.58. The fourth-order valence-corrected chi connectivity index (χ4v) is 6.50. The quantitative estimate of drug-likeness (QED) is 0.0239. The van der Waals surface area contributed by atoms with E-state index in [2.05, 4.69) is 13.8 Å². The number of hydrogen-bond acceptors (Lipinski definition) is 8. The Labute approximate surface area is 314 Å². The van der Waals surface area contributed by atoms with E-state index in [0.717, 1.165) is 116 Å². The molecule has 0 aromatic carbocycles. The fourth-order valence-electron chi connectivity index (χ4n) is 5.85. The van der Waals surface area contributed by atoms with Crippen molar-refractivity contribution >= 4 is 34.0 Å². The molecule has 0 saturated heterocycles. The molecule has 302 valence electrons. The first-order valence-corrected chi connectivity index (χ1v) is 21.5. The van der Waals surface area contributed by atoms with Crippen LogP contribution in [0.5, 0.6) is 0 Å². The molecule has 0 saturated carbocycles. The number of carbonyl (C=O) groups excluding carboxylic acids is 2. The third-order valence-corrected chi connectivity index (χ3v) is 10.0. The Morgan fingerprint density at radius 2 is 0.962 bits per heavy atom. The Bertz CT molecular complexity index is 1120. The van der Waals surface area contributed by atoms with Crippen molar-refractivity contribution in [2.24, 2.45) is 0 Å². The average molecular weight is 759 g/mol. The maximum Gasteiger partial charge on any atom is 0.327 e. The summed E-state index contributed by atoms with van der Waals surface area (Å²) in [6, 6.07) is 0. The highest BCUT2D eigenvalue weighted by molar-refractivity contribution is 7.87. The highest BCUT2D eigenvalue weighted by atomic mass is 32.2. The van der Waals surface area contributed by atoms with Crippen molar-refractivity contribution in [1.82, 2.24) is 0 Å². The molecule has 0 heterocycles. The third-order valence-electron chi connectivity index (χ3n) is 8.97. The Balaban J connectivity index is 5.19. The van der Waals surface area contributed by atoms with Crippen LogP contribution in [0.3, 0.4) is 0 Å². The van der Waals surface area contributed by atoms with Gasteiger partial charge in [0.1, 0.15) is 12.2 Å². The van der Waals surface area contributed by atoms with Crippen LogP contribution < -0.4 is 0 Å². The number of esters is 2. The first-order valence-electron chi connectivity index (χ1n) is 20.0. The Morgan fingerprint density at radius 1 is 0.558 bits per heavy atom. The smallest absolute Gasteiger partial charge is 0.327 e. The summed E-state index contributed by atoms with van der Waals surface area (Å²) in [5, 5.41) is 15.4. The van der Waals surface area contributed by atoms with Crippen LogP contribution in [-0.4, -0.2) is 64.5 Å². The van der Waals surface area contributed by atoms with Crippen LogP contribution in [0.15, 0.2) is 24.3 Å². The lowest BCUT2D eigenvalue weighted by atomic mass is 10.1. The van der Waals surface area contributed by atoms with Gasteiger partial charge in [-0.2, -0.15) is 8.42 Å². The van der Waals surface area contributed by atoms with Crippen molar-refractivity contribution in [1.29, 1.82) is 0 Å². The van der Waals surface area contributed by atoms with Gasteiger partial charge in [0.05, 0.1) is 6.42 Å². The summed E-state index contributed by atoms with van der Waals surface area (Å²) in [6.07, 6.45) is 26.6. The number of carboxylic acids is 2. The number of allylic oxidation sites excluding steroid dienone is 2. The summed E-state index contributed by atoms with van der Waals surface area (Å²) >= 11 is 0. The van der Waals surface area contributed by atoms with E-state index in [-0.39, 0.29) is 12.8 Å². The highest BCUT2D eigenvalue weighted by Crippen LogP contribution is 2.19. The van der Waals surface area contributed by atoms with Gasteiger partial charge in [0.25, 0.3) is 10.1 Å². The molecule has 0 aromatic heterocycles. The molecule has 0 amide bonds. The molecule has 0 aromatic rings. The van der Waals surface area contributed by atoms with Gasteiger partial charge < -0.3 is 19.7 Å². The molecule has 0 radical (unpaired) electrons. The van der Waals surface area contributed by atoms with Gasteiger partial charge in [-0.3, -0.25) is 23.7 Å². The predicted molar refractivity (Wildman–Crippen MR) is 205 cm³/mol. The van der Waals surface area contributed by atoms with Gasteiger partial charge in [0.2, 0.25) is 0 Å². The number of rotatable bonds is 36. The van der Waals surface area contributed by atoms with E-state index in [0.29, 0.717) is 38.5 Å². The van der Waals surface area contributed by atoms with Crippen LogP contribution >= 0.6 is 0 Å². The molecule has 3 N–H and O–H groups in total. The van der Waals surface area contributed by atoms with Gasteiger partial charge in [-0.1, -0.05) is 115 Å². The number of hydrogen-bond donors (Lipinski definition) is 3. The number of carbonyl (C=O) groups is 4. The zero-order chi connectivity index (χ0) is 38.9. The molecule has 12 heteroatoms. The van der Waals surface area contributed by atoms with Gasteiger partial charge in [-0.25, -0.2) is 0 Å². The van der Waals surface area contributed by atoms with E-state index in [1.54, 1.807) is 0 Å². The molecule has 0 spiro atoms. The van der Waals surface area contributed by atoms with E-state index in [4.69, 9.17) is 19.7 Å². The summed E-state index contributed by atoms with van der Waals surface area (Å²) in [7, 11) is -4.95. The maximum absolute atomic E-state index is 13.2. The van der Waals surface area contributed by atoms with E-state index in [1.165, 1.54) is 0 Å². The molecular weight excluding hydrogens is 688 g/mol. The molecule has 0 aliphatic heterocycles. The topological polar surface area (TPSA) is 182 Å². The number of carboxylic acid groups (broad SMARTS) is 2. The summed E-state index contributed by atoms with van der Waals surface area (Å²) in [5.41, 5.74) is 0. The number of ether oxygens (including phenoxy) is 2. The highest BCUT2D eigenvalue weighted by Gasteiger charge is 2.37. The SMILES string of the molecule is CCCCCC[C@H](C/C=C\CCCCCCCC(=O)O)OC(=O)CC(C(=O)O[C@@H](C/C=C\CCCCCCCC(=O)O)CCCCCC)S(=O)(=O)O. The van der Waals surface area contributed by atoms with Gasteiger partial charge in [-0.05, 0) is 64.2 Å². The van der Waals surface area contributed by atoms with Crippen LogP contribution in [0, 0.1) is 0 Å². The molecule has 0 fully saturated rings. The van der Waals surface area contributed by atoms with Crippen LogP contribution in [0.4, 0.5) is 0 Å². The van der Waals surface area contributed by atoms with Crippen molar-refractivity contribution < 1.29 is 51.8 Å². The fraction of sp³-hybridized carbons (Fsp3) is 0.800. The van der Waals surface area contributed by atoms with Crippen LogP contribution in [0.25, 0.3) is 0 Å². The van der Waals surface area contributed by atoms with Crippen LogP contribution in [-0.2, 0) is 38.8 Å². The molecule has 11 nitrogen and oxygen atoms in total. The predicted octanol–water partition coefficient (Wildman–Crippen LogP) is 9.92. The maximum atomic E-state index is 13.2. The van der Waals surface area contributed by atoms with E-state index in [9.17, 15) is 32.1 Å². The normalized spacial score (nSPS) is 13.7. The summed E-state index contributed by atoms with van der Waals surface area (Å²) in [4.78, 5) is 47.4.